The van der Waals surface area contributed by atoms with Crippen LogP contribution in [0.3, 0.4) is 0 Å². The lowest BCUT2D eigenvalue weighted by molar-refractivity contribution is -0.141. The number of alkyl halides is 1. The maximum absolute atomic E-state index is 14.6. The van der Waals surface area contributed by atoms with Gasteiger partial charge < -0.3 is 19.9 Å². The highest BCUT2D eigenvalue weighted by Gasteiger charge is 2.39. The van der Waals surface area contributed by atoms with Gasteiger partial charge in [-0.15, -0.1) is 0 Å². The summed E-state index contributed by atoms with van der Waals surface area (Å²) in [6, 6.07) is 17.5. The third-order valence-corrected chi connectivity index (χ3v) is 6.23. The Kier molecular flexibility index (Phi) is 9.21. The Morgan fingerprint density at radius 1 is 1.20 bits per heavy atom. The number of nitrogens with two attached hydrogens (primary N) is 1. The number of carbonyl (C=O) groups excluding carboxylic acids is 1. The van der Waals surface area contributed by atoms with Gasteiger partial charge in [0, 0.05) is 36.4 Å². The van der Waals surface area contributed by atoms with E-state index in [1.165, 1.54) is 12.0 Å². The summed E-state index contributed by atoms with van der Waals surface area (Å²) < 4.78 is 22.8. The van der Waals surface area contributed by atoms with E-state index in [2.05, 4.69) is 32.6 Å². The molecule has 0 saturated heterocycles. The Bertz CT molecular complexity index is 1110. The van der Waals surface area contributed by atoms with Gasteiger partial charge in [0.15, 0.2) is 0 Å². The first-order chi connectivity index (χ1) is 16.6. The second-order valence-electron chi connectivity index (χ2n) is 9.69. The van der Waals surface area contributed by atoms with Gasteiger partial charge in [-0.2, -0.15) is 0 Å². The van der Waals surface area contributed by atoms with Crippen LogP contribution in [0.1, 0.15) is 38.2 Å². The highest BCUT2D eigenvalue weighted by molar-refractivity contribution is 9.10. The van der Waals surface area contributed by atoms with Crippen molar-refractivity contribution in [2.45, 2.75) is 39.5 Å². The van der Waals surface area contributed by atoms with Crippen LogP contribution in [0, 0.1) is 5.41 Å². The van der Waals surface area contributed by atoms with Crippen LogP contribution in [-0.2, 0) is 16.1 Å². The number of imidazole rings is 1. The zero-order chi connectivity index (χ0) is 25.6. The topological polar surface area (TPSA) is 73.4 Å². The summed E-state index contributed by atoms with van der Waals surface area (Å²) in [6.45, 7) is 6.19. The van der Waals surface area contributed by atoms with Crippen LogP contribution in [-0.4, -0.2) is 53.3 Å². The van der Waals surface area contributed by atoms with Crippen molar-refractivity contribution in [1.29, 1.82) is 0 Å². The molecule has 1 aromatic heterocycles. The molecule has 0 radical (unpaired) electrons. The molecule has 0 fully saturated rings. The minimum Gasteiger partial charge on any atom is -0.375 e. The van der Waals surface area contributed by atoms with Crippen LogP contribution >= 0.6 is 15.9 Å². The van der Waals surface area contributed by atoms with Crippen LogP contribution in [0.2, 0.25) is 0 Å². The molecule has 0 aliphatic rings. The molecule has 0 spiro atoms. The van der Waals surface area contributed by atoms with Crippen molar-refractivity contribution in [2.24, 2.45) is 11.1 Å². The van der Waals surface area contributed by atoms with E-state index in [1.54, 1.807) is 0 Å². The van der Waals surface area contributed by atoms with Gasteiger partial charge in [0.05, 0.1) is 18.3 Å². The average Bonchev–Trinajstić information content (AvgIpc) is 3.21. The third kappa shape index (κ3) is 6.99. The van der Waals surface area contributed by atoms with Crippen LogP contribution in [0.5, 0.6) is 0 Å². The first-order valence-corrected chi connectivity index (χ1v) is 12.4. The van der Waals surface area contributed by atoms with Gasteiger partial charge in [0.2, 0.25) is 5.91 Å². The fraction of sp³-hybridized carbons (Fsp3) is 0.407. The van der Waals surface area contributed by atoms with Crippen molar-refractivity contribution in [3.8, 4) is 11.3 Å². The fourth-order valence-corrected chi connectivity index (χ4v) is 4.58. The summed E-state index contributed by atoms with van der Waals surface area (Å²) in [5.41, 5.74) is 7.97. The van der Waals surface area contributed by atoms with E-state index in [9.17, 15) is 9.18 Å². The highest BCUT2D eigenvalue weighted by atomic mass is 79.9. The second kappa shape index (κ2) is 11.9. The van der Waals surface area contributed by atoms with Gasteiger partial charge in [-0.1, -0.05) is 79.2 Å². The molecule has 6 nitrogen and oxygen atoms in total. The molecule has 8 heteroatoms. The fourth-order valence-electron chi connectivity index (χ4n) is 4.18. The van der Waals surface area contributed by atoms with E-state index in [0.717, 1.165) is 21.3 Å². The third-order valence-electron chi connectivity index (χ3n) is 5.74. The predicted octanol–water partition coefficient (Wildman–Crippen LogP) is 5.22. The standard InChI is InChI=1S/C27H34BrFN4O2/c1-27(2,3)25(33(16-22(29)14-30)24(34)18-35-4)26-31-23(20-11-8-12-21(28)13-20)17-32(26)15-19-9-6-5-7-10-19/h5-13,17,22,25H,14-16,18,30H2,1-4H3/t22?,25-/m0/s1. The van der Waals surface area contributed by atoms with E-state index in [4.69, 9.17) is 15.5 Å². The minimum absolute atomic E-state index is 0.134. The quantitative estimate of drug-likeness (QED) is 0.379. The Morgan fingerprint density at radius 3 is 2.51 bits per heavy atom. The zero-order valence-corrected chi connectivity index (χ0v) is 22.3. The van der Waals surface area contributed by atoms with Crippen molar-refractivity contribution >= 4 is 21.8 Å². The number of benzene rings is 2. The molecule has 1 unspecified atom stereocenters. The first kappa shape index (κ1) is 27.0. The molecule has 0 saturated carbocycles. The maximum atomic E-state index is 14.6. The Hall–Kier alpha value is -2.55. The Morgan fingerprint density at radius 2 is 1.91 bits per heavy atom. The largest absolute Gasteiger partial charge is 0.375 e. The van der Waals surface area contributed by atoms with Gasteiger partial charge in [-0.05, 0) is 23.1 Å². The SMILES string of the molecule is COCC(=O)N(CC(F)CN)[C@@H](c1nc(-c2cccc(Br)c2)cn1Cc1ccccc1)C(C)(C)C. The van der Waals surface area contributed by atoms with Gasteiger partial charge >= 0.3 is 0 Å². The lowest BCUT2D eigenvalue weighted by Gasteiger charge is -2.40. The van der Waals surface area contributed by atoms with Crippen LogP contribution in [0.4, 0.5) is 4.39 Å². The van der Waals surface area contributed by atoms with E-state index >= 15 is 0 Å². The summed E-state index contributed by atoms with van der Waals surface area (Å²) in [5.74, 6) is 0.381. The van der Waals surface area contributed by atoms with E-state index < -0.39 is 17.6 Å². The number of methoxy groups -OCH3 is 1. The number of nitrogens with zero attached hydrogens (tertiary/aromatic N) is 3. The van der Waals surface area contributed by atoms with Gasteiger partial charge in [-0.25, -0.2) is 9.37 Å². The predicted molar refractivity (Wildman–Crippen MR) is 141 cm³/mol. The molecule has 1 amide bonds. The molecule has 0 aliphatic heterocycles. The smallest absolute Gasteiger partial charge is 0.249 e. The molecule has 0 aliphatic carbocycles. The monoisotopic (exact) mass is 544 g/mol. The number of rotatable bonds is 10. The Balaban J connectivity index is 2.18. The highest BCUT2D eigenvalue weighted by Crippen LogP contribution is 2.39. The number of amides is 1. The van der Waals surface area contributed by atoms with Crippen molar-refractivity contribution in [2.75, 3.05) is 26.8 Å². The Labute approximate surface area is 215 Å². The number of halogens is 2. The molecular formula is C27H34BrFN4O2. The summed E-state index contributed by atoms with van der Waals surface area (Å²) in [5, 5.41) is 0. The normalized spacial score (nSPS) is 13.5. The summed E-state index contributed by atoms with van der Waals surface area (Å²) in [4.78, 5) is 19.8. The average molecular weight is 545 g/mol. The van der Waals surface area contributed by atoms with E-state index in [-0.39, 0.29) is 25.6 Å². The number of carbonyl (C=O) groups is 1. The van der Waals surface area contributed by atoms with Crippen molar-refractivity contribution in [3.05, 3.63) is 76.7 Å². The van der Waals surface area contributed by atoms with Gasteiger partial charge in [0.1, 0.15) is 18.6 Å². The second-order valence-corrected chi connectivity index (χ2v) is 10.6. The molecule has 2 atom stereocenters. The summed E-state index contributed by atoms with van der Waals surface area (Å²) in [7, 11) is 1.46. The molecule has 2 aromatic carbocycles. The number of hydrogen-bond donors (Lipinski definition) is 1. The molecule has 2 N–H and O–H groups in total. The molecular weight excluding hydrogens is 511 g/mol. The van der Waals surface area contributed by atoms with Crippen LogP contribution in [0.15, 0.2) is 65.3 Å². The molecule has 3 aromatic rings. The molecule has 188 valence electrons. The number of aromatic nitrogens is 2. The minimum atomic E-state index is -1.36. The van der Waals surface area contributed by atoms with Crippen molar-refractivity contribution < 1.29 is 13.9 Å². The zero-order valence-electron chi connectivity index (χ0n) is 20.7. The molecule has 1 heterocycles. The van der Waals surface area contributed by atoms with E-state index in [1.807, 2.05) is 69.4 Å². The molecule has 35 heavy (non-hydrogen) atoms. The van der Waals surface area contributed by atoms with Crippen molar-refractivity contribution in [1.82, 2.24) is 14.5 Å². The van der Waals surface area contributed by atoms with E-state index in [0.29, 0.717) is 12.4 Å². The lowest BCUT2D eigenvalue weighted by atomic mass is 9.84. The summed E-state index contributed by atoms with van der Waals surface area (Å²) in [6.07, 6.45) is 0.639. The summed E-state index contributed by atoms with van der Waals surface area (Å²) >= 11 is 3.54. The van der Waals surface area contributed by atoms with Gasteiger partial charge in [0.25, 0.3) is 0 Å². The maximum Gasteiger partial charge on any atom is 0.249 e. The van der Waals surface area contributed by atoms with Crippen LogP contribution in [0.25, 0.3) is 11.3 Å². The first-order valence-electron chi connectivity index (χ1n) is 11.6. The van der Waals surface area contributed by atoms with Gasteiger partial charge in [-0.3, -0.25) is 4.79 Å². The number of hydrogen-bond acceptors (Lipinski definition) is 4. The lowest BCUT2D eigenvalue weighted by Crippen LogP contribution is -2.47. The van der Waals surface area contributed by atoms with Crippen molar-refractivity contribution in [3.63, 3.8) is 0 Å². The molecule has 3 rings (SSSR count). The van der Waals surface area contributed by atoms with Crippen LogP contribution < -0.4 is 5.73 Å². The molecule has 0 bridgehead atoms. The number of ether oxygens (including phenoxy) is 1.